The van der Waals surface area contributed by atoms with E-state index in [4.69, 9.17) is 5.11 Å². The Morgan fingerprint density at radius 1 is 1.38 bits per heavy atom. The molecule has 0 unspecified atom stereocenters. The minimum absolute atomic E-state index is 0.00907. The van der Waals surface area contributed by atoms with E-state index in [1.54, 1.807) is 6.07 Å². The molecule has 1 amide bonds. The van der Waals surface area contributed by atoms with Crippen molar-refractivity contribution in [2.24, 2.45) is 0 Å². The Morgan fingerprint density at radius 2 is 2.05 bits per heavy atom. The molecule has 0 bridgehead atoms. The first-order valence-electron chi connectivity index (χ1n) is 7.02. The minimum Gasteiger partial charge on any atom is -0.480 e. The number of benzene rings is 1. The monoisotopic (exact) mass is 294 g/mol. The Hall–Kier alpha value is -1.95. The van der Waals surface area contributed by atoms with Crippen LogP contribution in [0.4, 0.5) is 4.39 Å². The molecule has 21 heavy (non-hydrogen) atoms. The topological polar surface area (TPSA) is 69.6 Å². The van der Waals surface area contributed by atoms with E-state index in [2.05, 4.69) is 5.32 Å². The first kappa shape index (κ1) is 15.4. The van der Waals surface area contributed by atoms with Crippen molar-refractivity contribution in [3.63, 3.8) is 0 Å². The average Bonchev–Trinajstić information content (AvgIpc) is 2.40. The largest absolute Gasteiger partial charge is 0.480 e. The SMILES string of the molecule is CCN(CC(=O)O)C1CC(NC(=O)c2ccccc2F)C1. The normalized spacial score (nSPS) is 20.9. The van der Waals surface area contributed by atoms with Crippen LogP contribution in [0.1, 0.15) is 30.1 Å². The maximum atomic E-state index is 13.5. The minimum atomic E-state index is -0.851. The van der Waals surface area contributed by atoms with Gasteiger partial charge in [0.1, 0.15) is 5.82 Å². The number of hydrogen-bond acceptors (Lipinski definition) is 3. The second kappa shape index (κ2) is 6.67. The first-order valence-corrected chi connectivity index (χ1v) is 7.02. The van der Waals surface area contributed by atoms with Gasteiger partial charge in [0.05, 0.1) is 12.1 Å². The Labute approximate surface area is 122 Å². The van der Waals surface area contributed by atoms with E-state index in [0.29, 0.717) is 19.4 Å². The summed E-state index contributed by atoms with van der Waals surface area (Å²) in [4.78, 5) is 24.5. The highest BCUT2D eigenvalue weighted by molar-refractivity contribution is 5.94. The van der Waals surface area contributed by atoms with Crippen LogP contribution in [0.3, 0.4) is 0 Å². The van der Waals surface area contributed by atoms with Crippen molar-refractivity contribution in [3.8, 4) is 0 Å². The molecule has 0 heterocycles. The van der Waals surface area contributed by atoms with Gasteiger partial charge in [-0.3, -0.25) is 14.5 Å². The summed E-state index contributed by atoms with van der Waals surface area (Å²) in [6.07, 6.45) is 1.39. The molecule has 1 aromatic carbocycles. The van der Waals surface area contributed by atoms with Gasteiger partial charge in [0, 0.05) is 12.1 Å². The number of amides is 1. The van der Waals surface area contributed by atoms with Gasteiger partial charge in [0.2, 0.25) is 0 Å². The maximum Gasteiger partial charge on any atom is 0.317 e. The maximum absolute atomic E-state index is 13.5. The smallest absolute Gasteiger partial charge is 0.317 e. The summed E-state index contributed by atoms with van der Waals surface area (Å²) in [7, 11) is 0. The number of carboxylic acids is 1. The molecule has 1 aliphatic carbocycles. The molecule has 2 rings (SSSR count). The second-order valence-corrected chi connectivity index (χ2v) is 5.23. The molecule has 5 nitrogen and oxygen atoms in total. The number of nitrogens with zero attached hydrogens (tertiary/aromatic N) is 1. The van der Waals surface area contributed by atoms with Crippen molar-refractivity contribution in [2.75, 3.05) is 13.1 Å². The highest BCUT2D eigenvalue weighted by Gasteiger charge is 2.34. The standard InChI is InChI=1S/C15H19FN2O3/c1-2-18(9-14(19)20)11-7-10(8-11)17-15(21)12-5-3-4-6-13(12)16/h3-6,10-11H,2,7-9H2,1H3,(H,17,21)(H,19,20). The van der Waals surface area contributed by atoms with Gasteiger partial charge in [-0.25, -0.2) is 4.39 Å². The van der Waals surface area contributed by atoms with Crippen molar-refractivity contribution >= 4 is 11.9 Å². The molecule has 0 aromatic heterocycles. The third-order valence-corrected chi connectivity index (χ3v) is 3.83. The highest BCUT2D eigenvalue weighted by atomic mass is 19.1. The molecule has 2 N–H and O–H groups in total. The number of carbonyl (C=O) groups is 2. The predicted octanol–water partition coefficient (Wildman–Crippen LogP) is 1.49. The predicted molar refractivity (Wildman–Crippen MR) is 75.6 cm³/mol. The summed E-state index contributed by atoms with van der Waals surface area (Å²) < 4.78 is 13.5. The van der Waals surface area contributed by atoms with Crippen molar-refractivity contribution in [3.05, 3.63) is 35.6 Å². The lowest BCUT2D eigenvalue weighted by molar-refractivity contribution is -0.139. The van der Waals surface area contributed by atoms with Gasteiger partial charge in [0.15, 0.2) is 0 Å². The molecule has 1 aromatic rings. The van der Waals surface area contributed by atoms with Crippen molar-refractivity contribution in [1.82, 2.24) is 10.2 Å². The lowest BCUT2D eigenvalue weighted by Crippen LogP contribution is -2.54. The van der Waals surface area contributed by atoms with Crippen LogP contribution in [0.25, 0.3) is 0 Å². The Balaban J connectivity index is 1.84. The van der Waals surface area contributed by atoms with E-state index < -0.39 is 17.7 Å². The number of rotatable bonds is 6. The molecule has 0 radical (unpaired) electrons. The lowest BCUT2D eigenvalue weighted by Gasteiger charge is -2.42. The Morgan fingerprint density at radius 3 is 2.62 bits per heavy atom. The fourth-order valence-electron chi connectivity index (χ4n) is 2.59. The molecule has 0 aliphatic heterocycles. The van der Waals surface area contributed by atoms with Gasteiger partial charge in [0.25, 0.3) is 5.91 Å². The summed E-state index contributed by atoms with van der Waals surface area (Å²) in [5, 5.41) is 11.6. The average molecular weight is 294 g/mol. The number of halogens is 1. The summed E-state index contributed by atoms with van der Waals surface area (Å²) in [5.74, 6) is -1.81. The third-order valence-electron chi connectivity index (χ3n) is 3.83. The summed E-state index contributed by atoms with van der Waals surface area (Å²) in [6.45, 7) is 2.58. The van der Waals surface area contributed by atoms with Gasteiger partial charge in [-0.2, -0.15) is 0 Å². The van der Waals surface area contributed by atoms with Crippen LogP contribution < -0.4 is 5.32 Å². The van der Waals surface area contributed by atoms with Crippen LogP contribution >= 0.6 is 0 Å². The molecular formula is C15H19FN2O3. The van der Waals surface area contributed by atoms with Crippen molar-refractivity contribution in [2.45, 2.75) is 31.8 Å². The van der Waals surface area contributed by atoms with Crippen molar-refractivity contribution < 1.29 is 19.1 Å². The Bertz CT molecular complexity index is 529. The molecule has 0 spiro atoms. The van der Waals surface area contributed by atoms with Crippen LogP contribution in [-0.2, 0) is 4.79 Å². The van der Waals surface area contributed by atoms with E-state index >= 15 is 0 Å². The molecule has 114 valence electrons. The second-order valence-electron chi connectivity index (χ2n) is 5.23. The quantitative estimate of drug-likeness (QED) is 0.834. The number of nitrogens with one attached hydrogen (secondary N) is 1. The molecule has 6 heteroatoms. The first-order chi connectivity index (χ1) is 10.0. The van der Waals surface area contributed by atoms with E-state index in [-0.39, 0.29) is 24.2 Å². The zero-order valence-electron chi connectivity index (χ0n) is 11.9. The van der Waals surface area contributed by atoms with E-state index in [0.717, 1.165) is 0 Å². The molecule has 0 atom stereocenters. The number of carbonyl (C=O) groups excluding carboxylic acids is 1. The zero-order chi connectivity index (χ0) is 15.4. The van der Waals surface area contributed by atoms with Crippen LogP contribution in [0.5, 0.6) is 0 Å². The number of hydrogen-bond donors (Lipinski definition) is 2. The fourth-order valence-corrected chi connectivity index (χ4v) is 2.59. The summed E-state index contributed by atoms with van der Waals surface area (Å²) in [5.41, 5.74) is 0.0406. The van der Waals surface area contributed by atoms with Crippen molar-refractivity contribution in [1.29, 1.82) is 0 Å². The Kier molecular flexibility index (Phi) is 4.90. The summed E-state index contributed by atoms with van der Waals surface area (Å²) in [6, 6.07) is 6.00. The van der Waals surface area contributed by atoms with Gasteiger partial charge in [-0.1, -0.05) is 19.1 Å². The number of likely N-dealkylation sites (N-methyl/N-ethyl adjacent to an activating group) is 1. The zero-order valence-corrected chi connectivity index (χ0v) is 11.9. The summed E-state index contributed by atoms with van der Waals surface area (Å²) >= 11 is 0. The molecular weight excluding hydrogens is 275 g/mol. The van der Waals surface area contributed by atoms with Gasteiger partial charge >= 0.3 is 5.97 Å². The molecule has 1 aliphatic rings. The molecule has 0 saturated heterocycles. The van der Waals surface area contributed by atoms with E-state index in [1.807, 2.05) is 11.8 Å². The molecule has 1 saturated carbocycles. The fraction of sp³-hybridized carbons (Fsp3) is 0.467. The number of carboxylic acid groups (broad SMARTS) is 1. The van der Waals surface area contributed by atoms with Crippen LogP contribution in [-0.4, -0.2) is 47.1 Å². The van der Waals surface area contributed by atoms with E-state index in [9.17, 15) is 14.0 Å². The lowest BCUT2D eigenvalue weighted by atomic mass is 9.85. The highest BCUT2D eigenvalue weighted by Crippen LogP contribution is 2.26. The van der Waals surface area contributed by atoms with Gasteiger partial charge in [-0.05, 0) is 31.5 Å². The van der Waals surface area contributed by atoms with Crippen LogP contribution in [0.15, 0.2) is 24.3 Å². The van der Waals surface area contributed by atoms with Gasteiger partial charge in [-0.15, -0.1) is 0 Å². The third kappa shape index (κ3) is 3.78. The molecule has 1 fully saturated rings. The number of aliphatic carboxylic acids is 1. The van der Waals surface area contributed by atoms with Gasteiger partial charge < -0.3 is 10.4 Å². The van der Waals surface area contributed by atoms with Crippen LogP contribution in [0.2, 0.25) is 0 Å². The van der Waals surface area contributed by atoms with Crippen LogP contribution in [0, 0.1) is 5.82 Å². The van der Waals surface area contributed by atoms with E-state index in [1.165, 1.54) is 18.2 Å².